The largest absolute Gasteiger partial charge is 0.328 e. The van der Waals surface area contributed by atoms with Gasteiger partial charge in [0.15, 0.2) is 0 Å². The molecule has 1 saturated heterocycles. The molecule has 3 rings (SSSR count). The molecule has 2 heteroatoms. The van der Waals surface area contributed by atoms with Gasteiger partial charge in [-0.1, -0.05) is 24.3 Å². The maximum Gasteiger partial charge on any atom is 0.0365 e. The van der Waals surface area contributed by atoms with Crippen LogP contribution in [-0.4, -0.2) is 24.0 Å². The number of nitrogens with zero attached hydrogens (tertiary/aromatic N) is 1. The van der Waals surface area contributed by atoms with Gasteiger partial charge < -0.3 is 5.73 Å². The Morgan fingerprint density at radius 1 is 1.20 bits per heavy atom. The summed E-state index contributed by atoms with van der Waals surface area (Å²) in [7, 11) is 0. The second kappa shape index (κ2) is 3.62. The summed E-state index contributed by atoms with van der Waals surface area (Å²) < 4.78 is 0. The zero-order valence-corrected chi connectivity index (χ0v) is 9.02. The molecular weight excluding hydrogens is 184 g/mol. The minimum Gasteiger partial charge on any atom is -0.328 e. The third-order valence-corrected chi connectivity index (χ3v) is 3.84. The monoisotopic (exact) mass is 202 g/mol. The molecule has 1 fully saturated rings. The Bertz CT molecular complexity index is 361. The molecule has 0 radical (unpaired) electrons. The van der Waals surface area contributed by atoms with Crippen molar-refractivity contribution in [3.05, 3.63) is 35.4 Å². The fourth-order valence-electron chi connectivity index (χ4n) is 2.98. The number of hydrogen-bond acceptors (Lipinski definition) is 2. The van der Waals surface area contributed by atoms with E-state index in [0.717, 1.165) is 6.42 Å². The van der Waals surface area contributed by atoms with Gasteiger partial charge in [0.2, 0.25) is 0 Å². The second-order valence-corrected chi connectivity index (χ2v) is 4.79. The standard InChI is InChI=1S/C13H18N2/c14-11-6-8-15-7-5-10-3-1-2-4-12(10)13(15)9-11/h1-4,11,13H,5-9,14H2. The van der Waals surface area contributed by atoms with Gasteiger partial charge in [-0.05, 0) is 30.4 Å². The van der Waals surface area contributed by atoms with Crippen LogP contribution in [0.2, 0.25) is 0 Å². The molecule has 0 aliphatic carbocycles. The Morgan fingerprint density at radius 3 is 3.00 bits per heavy atom. The Kier molecular flexibility index (Phi) is 2.26. The van der Waals surface area contributed by atoms with Crippen molar-refractivity contribution in [2.24, 2.45) is 5.73 Å². The molecule has 1 aromatic rings. The summed E-state index contributed by atoms with van der Waals surface area (Å²) in [6, 6.07) is 9.85. The molecule has 2 aliphatic rings. The van der Waals surface area contributed by atoms with E-state index >= 15 is 0 Å². The van der Waals surface area contributed by atoms with Gasteiger partial charge in [0, 0.05) is 25.2 Å². The third kappa shape index (κ3) is 1.58. The fraction of sp³-hybridized carbons (Fsp3) is 0.538. The van der Waals surface area contributed by atoms with E-state index in [1.54, 1.807) is 0 Å². The number of rotatable bonds is 0. The van der Waals surface area contributed by atoms with Crippen LogP contribution < -0.4 is 5.73 Å². The van der Waals surface area contributed by atoms with Crippen molar-refractivity contribution >= 4 is 0 Å². The van der Waals surface area contributed by atoms with Crippen LogP contribution in [0, 0.1) is 0 Å². The van der Waals surface area contributed by atoms with Gasteiger partial charge in [-0.3, -0.25) is 4.90 Å². The lowest BCUT2D eigenvalue weighted by Gasteiger charge is -2.42. The van der Waals surface area contributed by atoms with Crippen molar-refractivity contribution in [3.8, 4) is 0 Å². The summed E-state index contributed by atoms with van der Waals surface area (Å²) >= 11 is 0. The van der Waals surface area contributed by atoms with Crippen molar-refractivity contribution in [1.29, 1.82) is 0 Å². The molecule has 2 aliphatic heterocycles. The summed E-state index contributed by atoms with van der Waals surface area (Å²) in [5, 5.41) is 0. The van der Waals surface area contributed by atoms with Crippen LogP contribution >= 0.6 is 0 Å². The van der Waals surface area contributed by atoms with Crippen LogP contribution in [0.4, 0.5) is 0 Å². The Morgan fingerprint density at radius 2 is 2.07 bits per heavy atom. The van der Waals surface area contributed by atoms with E-state index < -0.39 is 0 Å². The smallest absolute Gasteiger partial charge is 0.0365 e. The molecule has 0 bridgehead atoms. The molecule has 0 spiro atoms. The highest BCUT2D eigenvalue weighted by Crippen LogP contribution is 2.35. The van der Waals surface area contributed by atoms with Crippen molar-refractivity contribution in [1.82, 2.24) is 4.90 Å². The summed E-state index contributed by atoms with van der Waals surface area (Å²) in [6.45, 7) is 2.40. The normalized spacial score (nSPS) is 30.7. The van der Waals surface area contributed by atoms with Gasteiger partial charge in [0.1, 0.15) is 0 Å². The molecule has 0 amide bonds. The van der Waals surface area contributed by atoms with Gasteiger partial charge in [-0.15, -0.1) is 0 Å². The summed E-state index contributed by atoms with van der Waals surface area (Å²) in [5.41, 5.74) is 9.13. The van der Waals surface area contributed by atoms with E-state index in [9.17, 15) is 0 Å². The zero-order chi connectivity index (χ0) is 10.3. The second-order valence-electron chi connectivity index (χ2n) is 4.79. The van der Waals surface area contributed by atoms with Crippen molar-refractivity contribution in [3.63, 3.8) is 0 Å². The highest BCUT2D eigenvalue weighted by atomic mass is 15.2. The molecule has 1 aromatic carbocycles. The van der Waals surface area contributed by atoms with Crippen molar-refractivity contribution in [2.75, 3.05) is 13.1 Å². The quantitative estimate of drug-likeness (QED) is 0.694. The van der Waals surface area contributed by atoms with E-state index in [4.69, 9.17) is 5.73 Å². The van der Waals surface area contributed by atoms with Crippen LogP contribution in [0.25, 0.3) is 0 Å². The minimum absolute atomic E-state index is 0.400. The lowest BCUT2D eigenvalue weighted by atomic mass is 9.85. The average Bonchev–Trinajstić information content (AvgIpc) is 2.29. The maximum absolute atomic E-state index is 6.07. The van der Waals surface area contributed by atoms with Crippen molar-refractivity contribution < 1.29 is 0 Å². The zero-order valence-electron chi connectivity index (χ0n) is 9.02. The molecule has 2 nitrogen and oxygen atoms in total. The van der Waals surface area contributed by atoms with Crippen LogP contribution in [0.15, 0.2) is 24.3 Å². The molecule has 2 heterocycles. The van der Waals surface area contributed by atoms with Gasteiger partial charge in [-0.2, -0.15) is 0 Å². The first-order chi connectivity index (χ1) is 7.34. The fourth-order valence-corrected chi connectivity index (χ4v) is 2.98. The maximum atomic E-state index is 6.07. The molecular formula is C13H18N2. The molecule has 15 heavy (non-hydrogen) atoms. The van der Waals surface area contributed by atoms with Gasteiger partial charge in [0.05, 0.1) is 0 Å². The third-order valence-electron chi connectivity index (χ3n) is 3.84. The van der Waals surface area contributed by atoms with Gasteiger partial charge in [0.25, 0.3) is 0 Å². The number of piperidine rings is 1. The molecule has 80 valence electrons. The Balaban J connectivity index is 1.96. The summed E-state index contributed by atoms with van der Waals surface area (Å²) in [5.74, 6) is 0. The van der Waals surface area contributed by atoms with Crippen molar-refractivity contribution in [2.45, 2.75) is 31.3 Å². The van der Waals surface area contributed by atoms with E-state index in [2.05, 4.69) is 29.2 Å². The van der Waals surface area contributed by atoms with E-state index in [1.807, 2.05) is 0 Å². The summed E-state index contributed by atoms with van der Waals surface area (Å²) in [6.07, 6.45) is 3.51. The van der Waals surface area contributed by atoms with Crippen LogP contribution in [0.5, 0.6) is 0 Å². The lowest BCUT2D eigenvalue weighted by molar-refractivity contribution is 0.126. The molecule has 0 saturated carbocycles. The molecule has 2 unspecified atom stereocenters. The number of nitrogens with two attached hydrogens (primary N) is 1. The van der Waals surface area contributed by atoms with E-state index in [-0.39, 0.29) is 0 Å². The number of hydrogen-bond donors (Lipinski definition) is 1. The van der Waals surface area contributed by atoms with Crippen LogP contribution in [-0.2, 0) is 6.42 Å². The predicted molar refractivity (Wildman–Crippen MR) is 61.7 cm³/mol. The average molecular weight is 202 g/mol. The Hall–Kier alpha value is -0.860. The highest BCUT2D eigenvalue weighted by Gasteiger charge is 2.31. The first kappa shape index (κ1) is 9.37. The SMILES string of the molecule is NC1CCN2CCc3ccccc3C2C1. The van der Waals surface area contributed by atoms with Crippen LogP contribution in [0.3, 0.4) is 0 Å². The number of benzene rings is 1. The van der Waals surface area contributed by atoms with E-state index in [1.165, 1.54) is 37.1 Å². The Labute approximate surface area is 91.1 Å². The minimum atomic E-state index is 0.400. The predicted octanol–water partition coefficient (Wildman–Crippen LogP) is 1.71. The highest BCUT2D eigenvalue weighted by molar-refractivity contribution is 5.33. The molecule has 2 N–H and O–H groups in total. The number of fused-ring (bicyclic) bond motifs is 3. The topological polar surface area (TPSA) is 29.3 Å². The molecule has 2 atom stereocenters. The van der Waals surface area contributed by atoms with E-state index in [0.29, 0.717) is 12.1 Å². The van der Waals surface area contributed by atoms with Gasteiger partial charge in [-0.25, -0.2) is 0 Å². The first-order valence-electron chi connectivity index (χ1n) is 5.92. The van der Waals surface area contributed by atoms with Crippen LogP contribution in [0.1, 0.15) is 30.0 Å². The lowest BCUT2D eigenvalue weighted by Crippen LogP contribution is -2.45. The first-order valence-corrected chi connectivity index (χ1v) is 5.92. The summed E-state index contributed by atoms with van der Waals surface area (Å²) in [4.78, 5) is 2.60. The van der Waals surface area contributed by atoms with Gasteiger partial charge >= 0.3 is 0 Å². The molecule has 0 aromatic heterocycles.